The minimum atomic E-state index is -2.05. The number of aldehydes is 2. The highest BCUT2D eigenvalue weighted by Crippen LogP contribution is 2.44. The van der Waals surface area contributed by atoms with Crippen LogP contribution in [0.15, 0.2) is 182 Å². The third-order valence-corrected chi connectivity index (χ3v) is 15.4. The van der Waals surface area contributed by atoms with Crippen LogP contribution in [0.5, 0.6) is 0 Å². The van der Waals surface area contributed by atoms with E-state index in [9.17, 15) is 9.59 Å². The van der Waals surface area contributed by atoms with Gasteiger partial charge in [-0.15, -0.1) is 0 Å². The highest BCUT2D eigenvalue weighted by atomic mass is 31.2. The maximum absolute atomic E-state index is 11.5. The molecule has 0 amide bonds. The molecule has 0 atom stereocenters. The quantitative estimate of drug-likeness (QED) is 0.158. The lowest BCUT2D eigenvalue weighted by Crippen LogP contribution is -2.27. The Bertz CT molecular complexity index is 1520. The normalized spacial score (nSPS) is 10.9. The van der Waals surface area contributed by atoms with E-state index in [-0.39, 0.29) is 0 Å². The molecule has 6 rings (SSSR count). The van der Waals surface area contributed by atoms with Crippen LogP contribution in [0, 0.1) is 0 Å². The summed E-state index contributed by atoms with van der Waals surface area (Å²) >= 11 is 0. The van der Waals surface area contributed by atoms with Crippen molar-refractivity contribution in [2.45, 2.75) is 0 Å². The van der Waals surface area contributed by atoms with Gasteiger partial charge in [-0.2, -0.15) is 0 Å². The van der Waals surface area contributed by atoms with Crippen molar-refractivity contribution >= 4 is 69.8 Å². The summed E-state index contributed by atoms with van der Waals surface area (Å²) in [6.45, 7) is -4.09. The molecule has 0 heterocycles. The number of hydrogen-bond acceptors (Lipinski definition) is 2. The molecule has 4 heteroatoms. The summed E-state index contributed by atoms with van der Waals surface area (Å²) in [7, 11) is 0. The molecule has 0 N–H and O–H groups in total. The van der Waals surface area contributed by atoms with Gasteiger partial charge in [0.25, 0.3) is 0 Å². The number of hydrogen-bond donors (Lipinski definition) is 0. The topological polar surface area (TPSA) is 34.1 Å². The van der Waals surface area contributed by atoms with Crippen molar-refractivity contribution < 1.29 is 9.59 Å². The molecule has 0 aromatic heterocycles. The van der Waals surface area contributed by atoms with Gasteiger partial charge in [-0.05, 0) is 57.2 Å². The Labute approximate surface area is 260 Å². The van der Waals surface area contributed by atoms with Crippen LogP contribution in [0.4, 0.5) is 0 Å². The lowest BCUT2D eigenvalue weighted by atomic mass is 10.4. The van der Waals surface area contributed by atoms with Crippen LogP contribution in [0.2, 0.25) is 0 Å². The van der Waals surface area contributed by atoms with Crippen molar-refractivity contribution in [3.8, 4) is 0 Å². The second-order valence-corrected chi connectivity index (χ2v) is 16.6. The van der Waals surface area contributed by atoms with Crippen LogP contribution in [-0.4, -0.2) is 24.2 Å². The summed E-state index contributed by atoms with van der Waals surface area (Å²) in [6.07, 6.45) is 1.89. The van der Waals surface area contributed by atoms with Gasteiger partial charge in [0.1, 0.15) is 12.6 Å². The van der Waals surface area contributed by atoms with Crippen LogP contribution in [0.1, 0.15) is 0 Å². The van der Waals surface area contributed by atoms with Crippen molar-refractivity contribution in [2.75, 3.05) is 0 Å². The van der Waals surface area contributed by atoms with Crippen molar-refractivity contribution in [2.24, 2.45) is 0 Å². The Morgan fingerprint density at radius 3 is 0.568 bits per heavy atom. The fourth-order valence-electron chi connectivity index (χ4n) is 5.57. The lowest BCUT2D eigenvalue weighted by molar-refractivity contribution is -0.103. The maximum atomic E-state index is 11.5. The first kappa shape index (κ1) is 30.7. The SMILES string of the molecule is O=CC=P(c1ccccc1)(c1ccccc1)c1ccccc1.O=CC=P(c1ccccc1)(c1ccccc1)c1ccccc1. The minimum Gasteiger partial charge on any atom is -0.298 e. The average Bonchev–Trinajstić information content (AvgIpc) is 3.12. The Morgan fingerprint density at radius 1 is 0.273 bits per heavy atom. The molecule has 2 nitrogen and oxygen atoms in total. The van der Waals surface area contributed by atoms with Gasteiger partial charge in [0, 0.05) is 0 Å². The van der Waals surface area contributed by atoms with Crippen LogP contribution in [-0.2, 0) is 9.59 Å². The predicted octanol–water partition coefficient (Wildman–Crippen LogP) is 5.96. The van der Waals surface area contributed by atoms with Crippen LogP contribution in [0.25, 0.3) is 0 Å². The van der Waals surface area contributed by atoms with E-state index in [2.05, 4.69) is 72.8 Å². The molecule has 216 valence electrons. The Balaban J connectivity index is 0.000000175. The first-order valence-electron chi connectivity index (χ1n) is 14.5. The zero-order valence-electron chi connectivity index (χ0n) is 24.3. The first-order chi connectivity index (χ1) is 21.8. The zero-order valence-corrected chi connectivity index (χ0v) is 26.1. The second-order valence-electron chi connectivity index (χ2n) is 10.0. The average molecular weight is 609 g/mol. The number of benzene rings is 6. The van der Waals surface area contributed by atoms with Crippen molar-refractivity contribution in [1.29, 1.82) is 0 Å². The zero-order chi connectivity index (χ0) is 30.5. The van der Waals surface area contributed by atoms with Crippen LogP contribution in [0.3, 0.4) is 0 Å². The van der Waals surface area contributed by atoms with E-state index in [0.717, 1.165) is 12.6 Å². The molecule has 0 fully saturated rings. The standard InChI is InChI=1S/2C20H17OP/c2*21-16-17-22(18-10-4-1-5-11-18,19-12-6-2-7-13-19)20-14-8-3-9-15-20/h2*1-17H. The fourth-order valence-corrected chi connectivity index (χ4v) is 12.6. The van der Waals surface area contributed by atoms with Gasteiger partial charge in [0.2, 0.25) is 0 Å². The summed E-state index contributed by atoms with van der Waals surface area (Å²) in [4.78, 5) is 23.0. The van der Waals surface area contributed by atoms with E-state index in [1.54, 1.807) is 0 Å². The van der Waals surface area contributed by atoms with Gasteiger partial charge in [0.05, 0.1) is 0 Å². The van der Waals surface area contributed by atoms with Crippen LogP contribution >= 0.6 is 13.8 Å². The lowest BCUT2D eigenvalue weighted by Gasteiger charge is -2.27. The molecule has 6 aromatic rings. The molecule has 6 aromatic carbocycles. The van der Waals surface area contributed by atoms with E-state index in [1.807, 2.05) is 121 Å². The van der Waals surface area contributed by atoms with E-state index in [1.165, 1.54) is 31.8 Å². The number of carbonyl (C=O) groups excluding carboxylic acids is 2. The molecular weight excluding hydrogens is 574 g/mol. The fraction of sp³-hybridized carbons (Fsp3) is 0. The molecule has 0 radical (unpaired) electrons. The summed E-state index contributed by atoms with van der Waals surface area (Å²) in [5.74, 6) is 3.71. The van der Waals surface area contributed by atoms with Gasteiger partial charge in [-0.25, -0.2) is 0 Å². The molecule has 0 unspecified atom stereocenters. The van der Waals surface area contributed by atoms with E-state index < -0.39 is 13.8 Å². The Morgan fingerprint density at radius 2 is 0.432 bits per heavy atom. The molecule has 0 aliphatic rings. The van der Waals surface area contributed by atoms with Crippen molar-refractivity contribution in [1.82, 2.24) is 0 Å². The molecule has 44 heavy (non-hydrogen) atoms. The minimum absolute atomic E-state index is 0.945. The highest BCUT2D eigenvalue weighted by molar-refractivity contribution is 7.95. The smallest absolute Gasteiger partial charge is 0.143 e. The molecule has 0 saturated heterocycles. The number of rotatable bonds is 8. The van der Waals surface area contributed by atoms with Gasteiger partial charge < -0.3 is 0 Å². The summed E-state index contributed by atoms with van der Waals surface area (Å²) < 4.78 is 0. The van der Waals surface area contributed by atoms with E-state index in [4.69, 9.17) is 0 Å². The Hall–Kier alpha value is -4.74. The van der Waals surface area contributed by atoms with Gasteiger partial charge in [-0.1, -0.05) is 182 Å². The van der Waals surface area contributed by atoms with Crippen molar-refractivity contribution in [3.05, 3.63) is 182 Å². The Kier molecular flexibility index (Phi) is 10.6. The molecule has 0 spiro atoms. The maximum Gasteiger partial charge on any atom is 0.143 e. The van der Waals surface area contributed by atoms with Crippen LogP contribution < -0.4 is 31.8 Å². The van der Waals surface area contributed by atoms with Gasteiger partial charge in [-0.3, -0.25) is 9.59 Å². The molecule has 0 saturated carbocycles. The first-order valence-corrected chi connectivity index (χ1v) is 18.2. The third kappa shape index (κ3) is 6.43. The number of carbonyl (C=O) groups is 2. The summed E-state index contributed by atoms with van der Waals surface area (Å²) in [5, 5.41) is 7.16. The highest BCUT2D eigenvalue weighted by Gasteiger charge is 2.25. The molecular formula is C40H34O2P2. The van der Waals surface area contributed by atoms with Gasteiger partial charge >= 0.3 is 0 Å². The molecule has 0 aliphatic heterocycles. The molecule has 0 bridgehead atoms. The molecule has 0 aliphatic carbocycles. The largest absolute Gasteiger partial charge is 0.298 e. The predicted molar refractivity (Wildman–Crippen MR) is 195 cm³/mol. The van der Waals surface area contributed by atoms with E-state index in [0.29, 0.717) is 0 Å². The third-order valence-electron chi connectivity index (χ3n) is 7.55. The van der Waals surface area contributed by atoms with Gasteiger partial charge in [0.15, 0.2) is 0 Å². The van der Waals surface area contributed by atoms with E-state index >= 15 is 0 Å². The van der Waals surface area contributed by atoms with Crippen molar-refractivity contribution in [3.63, 3.8) is 0 Å². The monoisotopic (exact) mass is 608 g/mol. The summed E-state index contributed by atoms with van der Waals surface area (Å²) in [6, 6.07) is 61.9. The summed E-state index contributed by atoms with van der Waals surface area (Å²) in [5.41, 5.74) is 0. The second kappa shape index (κ2) is 15.1.